The Labute approximate surface area is 120 Å². The number of aromatic nitrogens is 3. The summed E-state index contributed by atoms with van der Waals surface area (Å²) in [4.78, 5) is 12.4. The molecule has 6 nitrogen and oxygen atoms in total. The molecule has 1 fully saturated rings. The van der Waals surface area contributed by atoms with Gasteiger partial charge in [0.05, 0.1) is 6.61 Å². The first-order chi connectivity index (χ1) is 9.69. The van der Waals surface area contributed by atoms with Crippen LogP contribution < -0.4 is 15.8 Å². The van der Waals surface area contributed by atoms with Crippen molar-refractivity contribution in [2.45, 2.75) is 58.4 Å². The maximum Gasteiger partial charge on any atom is 0.323 e. The molecule has 1 aromatic heterocycles. The Morgan fingerprint density at radius 2 is 2.00 bits per heavy atom. The highest BCUT2D eigenvalue weighted by molar-refractivity contribution is 5.33. The Bertz CT molecular complexity index is 420. The molecule has 0 spiro atoms. The molecule has 1 heterocycles. The molecule has 0 radical (unpaired) electrons. The predicted molar refractivity (Wildman–Crippen MR) is 79.7 cm³/mol. The van der Waals surface area contributed by atoms with Crippen LogP contribution in [0, 0.1) is 5.92 Å². The first kappa shape index (κ1) is 14.8. The fraction of sp³-hybridized carbons (Fsp3) is 0.786. The van der Waals surface area contributed by atoms with Gasteiger partial charge in [0.15, 0.2) is 0 Å². The number of nitrogens with two attached hydrogens (primary N) is 1. The molecule has 0 bridgehead atoms. The van der Waals surface area contributed by atoms with Gasteiger partial charge < -0.3 is 15.8 Å². The summed E-state index contributed by atoms with van der Waals surface area (Å²) in [6.07, 6.45) is 7.45. The number of nitrogens with zero attached hydrogens (tertiary/aromatic N) is 3. The lowest BCUT2D eigenvalue weighted by molar-refractivity contribution is 0.291. The molecule has 0 aliphatic heterocycles. The van der Waals surface area contributed by atoms with Gasteiger partial charge in [-0.2, -0.15) is 15.0 Å². The third kappa shape index (κ3) is 4.21. The number of ether oxygens (including phenoxy) is 1. The molecule has 0 aromatic carbocycles. The smallest absolute Gasteiger partial charge is 0.323 e. The zero-order valence-corrected chi connectivity index (χ0v) is 12.4. The number of anilines is 2. The summed E-state index contributed by atoms with van der Waals surface area (Å²) >= 11 is 0. The van der Waals surface area contributed by atoms with Gasteiger partial charge in [-0.05, 0) is 32.1 Å². The molecular weight excluding hydrogens is 254 g/mol. The molecule has 1 aliphatic rings. The molecule has 0 saturated heterocycles. The van der Waals surface area contributed by atoms with Gasteiger partial charge in [-0.25, -0.2) is 0 Å². The normalized spacial score (nSPS) is 17.7. The van der Waals surface area contributed by atoms with Crippen molar-refractivity contribution < 1.29 is 4.74 Å². The first-order valence-corrected chi connectivity index (χ1v) is 7.60. The van der Waals surface area contributed by atoms with E-state index in [1.807, 2.05) is 6.92 Å². The summed E-state index contributed by atoms with van der Waals surface area (Å²) in [6, 6.07) is 0.647. The van der Waals surface area contributed by atoms with Gasteiger partial charge in [-0.15, -0.1) is 0 Å². The lowest BCUT2D eigenvalue weighted by atomic mass is 9.85. The summed E-state index contributed by atoms with van der Waals surface area (Å²) in [7, 11) is 0. The van der Waals surface area contributed by atoms with Crippen LogP contribution in [0.15, 0.2) is 0 Å². The second kappa shape index (κ2) is 7.26. The summed E-state index contributed by atoms with van der Waals surface area (Å²) < 4.78 is 5.42. The van der Waals surface area contributed by atoms with Crippen LogP contribution in [0.5, 0.6) is 6.01 Å². The Morgan fingerprint density at radius 1 is 1.25 bits per heavy atom. The molecule has 1 aliphatic carbocycles. The van der Waals surface area contributed by atoms with E-state index in [0.29, 0.717) is 30.5 Å². The van der Waals surface area contributed by atoms with Crippen LogP contribution in [-0.4, -0.2) is 27.6 Å². The molecule has 20 heavy (non-hydrogen) atoms. The van der Waals surface area contributed by atoms with Crippen LogP contribution in [0.25, 0.3) is 0 Å². The Hall–Kier alpha value is -1.59. The van der Waals surface area contributed by atoms with Gasteiger partial charge in [-0.3, -0.25) is 0 Å². The second-order valence-electron chi connectivity index (χ2n) is 5.48. The predicted octanol–water partition coefficient (Wildman–Crippen LogP) is 2.62. The standard InChI is InChI=1S/C14H25N5O/c1-3-9-20-14-18-12(15)17-13(19-14)16-10(2)11-7-5-4-6-8-11/h10-11H,3-9H2,1-2H3,(H3,15,16,17,18,19). The fourth-order valence-corrected chi connectivity index (χ4v) is 2.65. The number of nitrogen functional groups attached to an aromatic ring is 1. The fourth-order valence-electron chi connectivity index (χ4n) is 2.65. The highest BCUT2D eigenvalue weighted by Gasteiger charge is 2.21. The third-order valence-corrected chi connectivity index (χ3v) is 3.78. The van der Waals surface area contributed by atoms with Gasteiger partial charge in [0.2, 0.25) is 11.9 Å². The van der Waals surface area contributed by atoms with Crippen LogP contribution in [-0.2, 0) is 0 Å². The Kier molecular flexibility index (Phi) is 5.38. The molecular formula is C14H25N5O. The van der Waals surface area contributed by atoms with Gasteiger partial charge in [0, 0.05) is 6.04 Å². The van der Waals surface area contributed by atoms with E-state index >= 15 is 0 Å². The average molecular weight is 279 g/mol. The Morgan fingerprint density at radius 3 is 2.70 bits per heavy atom. The summed E-state index contributed by atoms with van der Waals surface area (Å²) in [5.74, 6) is 1.40. The lowest BCUT2D eigenvalue weighted by Gasteiger charge is -2.28. The van der Waals surface area contributed by atoms with Crippen molar-refractivity contribution in [3.05, 3.63) is 0 Å². The van der Waals surface area contributed by atoms with Crippen LogP contribution in [0.2, 0.25) is 0 Å². The number of rotatable bonds is 6. The minimum absolute atomic E-state index is 0.199. The molecule has 1 unspecified atom stereocenters. The first-order valence-electron chi connectivity index (χ1n) is 7.60. The zero-order valence-electron chi connectivity index (χ0n) is 12.4. The van der Waals surface area contributed by atoms with E-state index in [2.05, 4.69) is 27.2 Å². The SMILES string of the molecule is CCCOc1nc(N)nc(NC(C)C2CCCCC2)n1. The average Bonchev–Trinajstić information content (AvgIpc) is 2.45. The van der Waals surface area contributed by atoms with Crippen LogP contribution in [0.1, 0.15) is 52.4 Å². The summed E-state index contributed by atoms with van der Waals surface area (Å²) in [6.45, 7) is 4.80. The highest BCUT2D eigenvalue weighted by Crippen LogP contribution is 2.27. The van der Waals surface area contributed by atoms with E-state index in [1.165, 1.54) is 32.1 Å². The van der Waals surface area contributed by atoms with Crippen molar-refractivity contribution in [3.63, 3.8) is 0 Å². The van der Waals surface area contributed by atoms with Crippen molar-refractivity contribution in [2.75, 3.05) is 17.7 Å². The van der Waals surface area contributed by atoms with Crippen molar-refractivity contribution in [3.8, 4) is 6.01 Å². The van der Waals surface area contributed by atoms with Crippen LogP contribution in [0.4, 0.5) is 11.9 Å². The van der Waals surface area contributed by atoms with Crippen molar-refractivity contribution in [2.24, 2.45) is 5.92 Å². The largest absolute Gasteiger partial charge is 0.463 e. The van der Waals surface area contributed by atoms with E-state index in [-0.39, 0.29) is 5.95 Å². The molecule has 1 atom stereocenters. The monoisotopic (exact) mass is 279 g/mol. The van der Waals surface area contributed by atoms with Crippen molar-refractivity contribution >= 4 is 11.9 Å². The molecule has 1 aromatic rings. The van der Waals surface area contributed by atoms with Crippen molar-refractivity contribution in [1.29, 1.82) is 0 Å². The quantitative estimate of drug-likeness (QED) is 0.832. The number of hydrogen-bond donors (Lipinski definition) is 2. The molecule has 1 saturated carbocycles. The molecule has 2 rings (SSSR count). The van der Waals surface area contributed by atoms with E-state index in [4.69, 9.17) is 10.5 Å². The zero-order chi connectivity index (χ0) is 14.4. The molecule has 3 N–H and O–H groups in total. The van der Waals surface area contributed by atoms with E-state index in [1.54, 1.807) is 0 Å². The number of nitrogens with one attached hydrogen (secondary N) is 1. The second-order valence-corrected chi connectivity index (χ2v) is 5.48. The summed E-state index contributed by atoms with van der Waals surface area (Å²) in [5.41, 5.74) is 5.70. The van der Waals surface area contributed by atoms with Crippen LogP contribution >= 0.6 is 0 Å². The Balaban J connectivity index is 1.98. The molecule has 6 heteroatoms. The van der Waals surface area contributed by atoms with Gasteiger partial charge in [-0.1, -0.05) is 26.2 Å². The van der Waals surface area contributed by atoms with E-state index in [9.17, 15) is 0 Å². The van der Waals surface area contributed by atoms with Gasteiger partial charge in [0.1, 0.15) is 0 Å². The van der Waals surface area contributed by atoms with Gasteiger partial charge in [0.25, 0.3) is 0 Å². The summed E-state index contributed by atoms with van der Waals surface area (Å²) in [5, 5.41) is 3.35. The molecule has 112 valence electrons. The number of hydrogen-bond acceptors (Lipinski definition) is 6. The van der Waals surface area contributed by atoms with E-state index in [0.717, 1.165) is 6.42 Å². The maximum absolute atomic E-state index is 5.70. The minimum atomic E-state index is 0.199. The maximum atomic E-state index is 5.70. The topological polar surface area (TPSA) is 86.0 Å². The van der Waals surface area contributed by atoms with E-state index < -0.39 is 0 Å². The third-order valence-electron chi connectivity index (χ3n) is 3.78. The molecule has 0 amide bonds. The lowest BCUT2D eigenvalue weighted by Crippen LogP contribution is -2.28. The van der Waals surface area contributed by atoms with Crippen LogP contribution in [0.3, 0.4) is 0 Å². The highest BCUT2D eigenvalue weighted by atomic mass is 16.5. The minimum Gasteiger partial charge on any atom is -0.463 e. The van der Waals surface area contributed by atoms with Crippen molar-refractivity contribution in [1.82, 2.24) is 15.0 Å². The van der Waals surface area contributed by atoms with Gasteiger partial charge >= 0.3 is 6.01 Å².